The Morgan fingerprint density at radius 1 is 1.29 bits per heavy atom. The van der Waals surface area contributed by atoms with Gasteiger partial charge in [0.1, 0.15) is 0 Å². The fourth-order valence-corrected chi connectivity index (χ4v) is 1.08. The Balaban J connectivity index is 2.81. The van der Waals surface area contributed by atoms with Gasteiger partial charge in [-0.2, -0.15) is 0 Å². The third kappa shape index (κ3) is 2.99. The van der Waals surface area contributed by atoms with Crippen LogP contribution in [0.1, 0.15) is 0 Å². The maximum Gasteiger partial charge on any atom is 0.328 e. The highest BCUT2D eigenvalue weighted by atomic mass is 35.5. The number of anilines is 1. The lowest BCUT2D eigenvalue weighted by atomic mass is 10.3. The zero-order valence-electron chi connectivity index (χ0n) is 6.73. The Hall–Kier alpha value is -1.11. The van der Waals surface area contributed by atoms with Crippen molar-refractivity contribution >= 4 is 32.6 Å². The molecule has 5 nitrogen and oxygen atoms in total. The smallest absolute Gasteiger partial charge is 0.328 e. The molecule has 1 amide bonds. The molecule has 14 heavy (non-hydrogen) atoms. The molecule has 0 unspecified atom stereocenters. The number of benzene rings is 1. The van der Waals surface area contributed by atoms with E-state index in [0.29, 0.717) is 5.02 Å². The zero-order valence-corrected chi connectivity index (χ0v) is 8.30. The first-order valence-electron chi connectivity index (χ1n) is 3.42. The van der Waals surface area contributed by atoms with Gasteiger partial charge in [0.15, 0.2) is 10.1 Å². The number of halogens is 1. The van der Waals surface area contributed by atoms with Gasteiger partial charge in [-0.3, -0.25) is 4.79 Å². The highest BCUT2D eigenvalue weighted by Crippen LogP contribution is 2.13. The van der Waals surface area contributed by atoms with Crippen molar-refractivity contribution in [1.82, 2.24) is 0 Å². The van der Waals surface area contributed by atoms with Crippen LogP contribution in [-0.4, -0.2) is 18.2 Å². The van der Waals surface area contributed by atoms with E-state index in [1.165, 1.54) is 24.3 Å². The van der Waals surface area contributed by atoms with E-state index in [0.717, 1.165) is 0 Å². The monoisotopic (exact) mass is 234 g/mol. The fraction of sp³-hybridized carbons (Fsp3) is 0. The van der Waals surface area contributed by atoms with Crippen LogP contribution < -0.4 is 5.32 Å². The van der Waals surface area contributed by atoms with Crippen LogP contribution in [0.15, 0.2) is 24.3 Å². The summed E-state index contributed by atoms with van der Waals surface area (Å²) in [6.45, 7) is 0. The van der Waals surface area contributed by atoms with Crippen molar-refractivity contribution < 1.29 is 17.8 Å². The molecule has 0 aromatic heterocycles. The average molecular weight is 235 g/mol. The van der Waals surface area contributed by atoms with Crippen LogP contribution in [-0.2, 0) is 10.1 Å². The lowest BCUT2D eigenvalue weighted by Gasteiger charge is -2.07. The summed E-state index contributed by atoms with van der Waals surface area (Å²) in [6, 6.07) is 5.67. The van der Waals surface area contributed by atoms with Gasteiger partial charge in [-0.25, -0.2) is 8.42 Å². The quantitative estimate of drug-likeness (QED) is 0.745. The molecule has 0 aliphatic carbocycles. The summed E-state index contributed by atoms with van der Waals surface area (Å²) in [5.74, 6) is 0. The minimum atomic E-state index is -4.94. The van der Waals surface area contributed by atoms with E-state index in [1.807, 2.05) is 5.32 Å². The lowest BCUT2D eigenvalue weighted by Crippen LogP contribution is -2.20. The van der Waals surface area contributed by atoms with Crippen LogP contribution in [0, 0.1) is 0 Å². The van der Waals surface area contributed by atoms with E-state index in [2.05, 4.69) is 0 Å². The first-order valence-corrected chi connectivity index (χ1v) is 5.20. The van der Waals surface area contributed by atoms with Gasteiger partial charge in [-0.1, -0.05) is 11.6 Å². The molecule has 1 rings (SSSR count). The Morgan fingerprint density at radius 3 is 2.21 bits per heavy atom. The fourth-order valence-electron chi connectivity index (χ4n) is 0.714. The average Bonchev–Trinajstić information content (AvgIpc) is 2.07. The largest absolute Gasteiger partial charge is 0.740 e. The van der Waals surface area contributed by atoms with Gasteiger partial charge < -0.3 is 9.87 Å². The molecule has 0 radical (unpaired) electrons. The van der Waals surface area contributed by atoms with E-state index in [1.54, 1.807) is 0 Å². The molecular weight excluding hydrogens is 230 g/mol. The second-order valence-corrected chi connectivity index (χ2v) is 4.09. The van der Waals surface area contributed by atoms with Gasteiger partial charge in [0, 0.05) is 10.7 Å². The van der Waals surface area contributed by atoms with Crippen molar-refractivity contribution in [2.24, 2.45) is 0 Å². The summed E-state index contributed by atoms with van der Waals surface area (Å²) in [6.07, 6.45) is 0. The van der Waals surface area contributed by atoms with Crippen molar-refractivity contribution in [2.45, 2.75) is 0 Å². The number of hydrogen-bond donors (Lipinski definition) is 1. The highest BCUT2D eigenvalue weighted by molar-refractivity contribution is 8.01. The normalized spacial score (nSPS) is 11.0. The van der Waals surface area contributed by atoms with Crippen LogP contribution in [0.2, 0.25) is 5.02 Å². The first kappa shape index (κ1) is 11.0. The van der Waals surface area contributed by atoms with E-state index in [-0.39, 0.29) is 5.69 Å². The standard InChI is InChI=1S/C7H6ClNO4S/c8-5-1-3-6(4-2-5)9-7(10)14(11,12)13/h1-4H,(H,9,10)(H,11,12,13)/p-1. The first-order chi connectivity index (χ1) is 6.39. The second kappa shape index (κ2) is 3.95. The molecule has 0 saturated carbocycles. The zero-order chi connectivity index (χ0) is 10.8. The van der Waals surface area contributed by atoms with E-state index >= 15 is 0 Å². The number of carbonyl (C=O) groups excluding carboxylic acids is 1. The van der Waals surface area contributed by atoms with Crippen LogP contribution in [0.5, 0.6) is 0 Å². The van der Waals surface area contributed by atoms with E-state index in [4.69, 9.17) is 11.6 Å². The van der Waals surface area contributed by atoms with Crippen molar-refractivity contribution in [3.63, 3.8) is 0 Å². The minimum Gasteiger partial charge on any atom is -0.740 e. The third-order valence-electron chi connectivity index (χ3n) is 1.32. The van der Waals surface area contributed by atoms with Crippen LogP contribution in [0.4, 0.5) is 10.5 Å². The number of hydrogen-bond acceptors (Lipinski definition) is 4. The molecule has 0 atom stereocenters. The molecule has 0 saturated heterocycles. The van der Waals surface area contributed by atoms with Crippen molar-refractivity contribution in [3.8, 4) is 0 Å². The van der Waals surface area contributed by atoms with Crippen molar-refractivity contribution in [1.29, 1.82) is 0 Å². The molecular formula is C7H5ClNO4S-. The van der Waals surface area contributed by atoms with Crippen molar-refractivity contribution in [2.75, 3.05) is 5.32 Å². The molecule has 76 valence electrons. The molecule has 1 aromatic rings. The molecule has 0 fully saturated rings. The van der Waals surface area contributed by atoms with Crippen LogP contribution in [0.3, 0.4) is 0 Å². The molecule has 0 heterocycles. The maximum atomic E-state index is 10.7. The third-order valence-corrected chi connectivity index (χ3v) is 2.13. The Kier molecular flexibility index (Phi) is 3.10. The van der Waals surface area contributed by atoms with Crippen LogP contribution >= 0.6 is 11.6 Å². The molecule has 1 N–H and O–H groups in total. The molecule has 0 spiro atoms. The van der Waals surface area contributed by atoms with Crippen LogP contribution in [0.25, 0.3) is 0 Å². The predicted molar refractivity (Wildman–Crippen MR) is 50.2 cm³/mol. The Morgan fingerprint density at radius 2 is 1.79 bits per heavy atom. The lowest BCUT2D eigenvalue weighted by molar-refractivity contribution is 0.264. The van der Waals surface area contributed by atoms with E-state index < -0.39 is 15.4 Å². The Labute approximate surface area is 85.4 Å². The van der Waals surface area contributed by atoms with Crippen molar-refractivity contribution in [3.05, 3.63) is 29.3 Å². The molecule has 0 bridgehead atoms. The SMILES string of the molecule is O=C(Nc1ccc(Cl)cc1)S(=O)(=O)[O-]. The number of rotatable bonds is 1. The Bertz CT molecular complexity index is 439. The van der Waals surface area contributed by atoms with Gasteiger partial charge >= 0.3 is 5.24 Å². The summed E-state index contributed by atoms with van der Waals surface area (Å²) >= 11 is 5.55. The van der Waals surface area contributed by atoms with Gasteiger partial charge in [0.05, 0.1) is 0 Å². The predicted octanol–water partition coefficient (Wildman–Crippen LogP) is 1.42. The van der Waals surface area contributed by atoms with Gasteiger partial charge in [0.2, 0.25) is 0 Å². The summed E-state index contributed by atoms with van der Waals surface area (Å²) < 4.78 is 30.6. The molecule has 1 aromatic carbocycles. The summed E-state index contributed by atoms with van der Waals surface area (Å²) in [7, 11) is -4.94. The minimum absolute atomic E-state index is 0.193. The maximum absolute atomic E-state index is 10.7. The number of nitrogens with one attached hydrogen (secondary N) is 1. The summed E-state index contributed by atoms with van der Waals surface area (Å²) in [4.78, 5) is 10.7. The summed E-state index contributed by atoms with van der Waals surface area (Å²) in [5, 5.41) is 0.765. The van der Waals surface area contributed by atoms with Gasteiger partial charge in [-0.15, -0.1) is 0 Å². The molecule has 0 aliphatic rings. The van der Waals surface area contributed by atoms with Gasteiger partial charge in [-0.05, 0) is 24.3 Å². The van der Waals surface area contributed by atoms with Gasteiger partial charge in [0.25, 0.3) is 0 Å². The van der Waals surface area contributed by atoms with E-state index in [9.17, 15) is 17.8 Å². The number of carbonyl (C=O) groups is 1. The summed E-state index contributed by atoms with van der Waals surface area (Å²) in [5.41, 5.74) is 0.193. The second-order valence-electron chi connectivity index (χ2n) is 2.37. The molecule has 7 heteroatoms. The number of amides is 1. The molecule has 0 aliphatic heterocycles. The highest BCUT2D eigenvalue weighted by Gasteiger charge is 2.09. The topological polar surface area (TPSA) is 86.3 Å².